The predicted molar refractivity (Wildman–Crippen MR) is 100.0 cm³/mol. The number of nitrogens with one attached hydrogen (secondary N) is 1. The normalized spacial score (nSPS) is 15.7. The summed E-state index contributed by atoms with van der Waals surface area (Å²) in [5.41, 5.74) is 0.994. The van der Waals surface area contributed by atoms with Crippen LogP contribution in [0.25, 0.3) is 0 Å². The number of aryl methyl sites for hydroxylation is 2. The molecular weight excluding hydrogens is 368 g/mol. The highest BCUT2D eigenvalue weighted by molar-refractivity contribution is 7.89. The van der Waals surface area contributed by atoms with Gasteiger partial charge in [-0.2, -0.15) is 9.40 Å². The molecule has 1 aromatic carbocycles. The molecule has 0 aliphatic carbocycles. The molecule has 1 aromatic heterocycles. The summed E-state index contributed by atoms with van der Waals surface area (Å²) in [6, 6.07) is 9.33. The van der Waals surface area contributed by atoms with Gasteiger partial charge in [0.05, 0.1) is 24.4 Å². The average Bonchev–Trinajstić information content (AvgIpc) is 3.01. The molecule has 0 spiro atoms. The standard InChI is InChI=1S/C18H24N4O4S/c1-14-18(15(2)20-19-14)27(24,25)22-11-9-21(10-12-22)17(23)8-13-26-16-6-4-3-5-7-16/h3-7H,8-13H2,1-2H3,(H,19,20). The van der Waals surface area contributed by atoms with Crippen molar-refractivity contribution in [3.8, 4) is 5.75 Å². The third kappa shape index (κ3) is 4.30. The van der Waals surface area contributed by atoms with E-state index in [1.54, 1.807) is 18.7 Å². The van der Waals surface area contributed by atoms with Crippen LogP contribution in [0.15, 0.2) is 35.2 Å². The van der Waals surface area contributed by atoms with Crippen LogP contribution in [0.4, 0.5) is 0 Å². The summed E-state index contributed by atoms with van der Waals surface area (Å²) in [5, 5.41) is 6.68. The van der Waals surface area contributed by atoms with Crippen molar-refractivity contribution < 1.29 is 17.9 Å². The largest absolute Gasteiger partial charge is 0.493 e. The first-order chi connectivity index (χ1) is 12.9. The van der Waals surface area contributed by atoms with Gasteiger partial charge in [0.15, 0.2) is 0 Å². The average molecular weight is 392 g/mol. The number of rotatable bonds is 6. The van der Waals surface area contributed by atoms with Gasteiger partial charge in [0.25, 0.3) is 0 Å². The van der Waals surface area contributed by atoms with Gasteiger partial charge in [0.1, 0.15) is 10.6 Å². The van der Waals surface area contributed by atoms with Crippen LogP contribution in [0.1, 0.15) is 17.8 Å². The zero-order valence-electron chi connectivity index (χ0n) is 15.5. The van der Waals surface area contributed by atoms with Crippen molar-refractivity contribution in [3.05, 3.63) is 41.7 Å². The van der Waals surface area contributed by atoms with E-state index < -0.39 is 10.0 Å². The Morgan fingerprint density at radius 1 is 1.15 bits per heavy atom. The van der Waals surface area contributed by atoms with E-state index in [0.29, 0.717) is 31.1 Å². The molecule has 2 aromatic rings. The van der Waals surface area contributed by atoms with E-state index in [1.807, 2.05) is 30.3 Å². The van der Waals surface area contributed by atoms with Crippen molar-refractivity contribution in [1.29, 1.82) is 0 Å². The molecule has 1 N–H and O–H groups in total. The summed E-state index contributed by atoms with van der Waals surface area (Å²) >= 11 is 0. The Kier molecular flexibility index (Phi) is 5.81. The second-order valence-corrected chi connectivity index (χ2v) is 8.33. The number of para-hydroxylation sites is 1. The predicted octanol–water partition coefficient (Wildman–Crippen LogP) is 1.33. The molecule has 0 bridgehead atoms. The Hall–Kier alpha value is -2.39. The number of sulfonamides is 1. The molecule has 1 aliphatic rings. The molecule has 0 radical (unpaired) electrons. The number of carbonyl (C=O) groups is 1. The zero-order chi connectivity index (χ0) is 19.4. The van der Waals surface area contributed by atoms with Crippen LogP contribution >= 0.6 is 0 Å². The lowest BCUT2D eigenvalue weighted by atomic mass is 10.3. The van der Waals surface area contributed by atoms with Gasteiger partial charge in [-0.25, -0.2) is 8.42 Å². The van der Waals surface area contributed by atoms with Crippen molar-refractivity contribution >= 4 is 15.9 Å². The second kappa shape index (κ2) is 8.10. The molecule has 2 heterocycles. The number of piperazine rings is 1. The molecule has 27 heavy (non-hydrogen) atoms. The van der Waals surface area contributed by atoms with Crippen LogP contribution in [0.3, 0.4) is 0 Å². The molecule has 9 heteroatoms. The number of aromatic amines is 1. The molecule has 146 valence electrons. The minimum atomic E-state index is -3.61. The maximum atomic E-state index is 12.8. The van der Waals surface area contributed by atoms with Gasteiger partial charge < -0.3 is 9.64 Å². The van der Waals surface area contributed by atoms with E-state index in [0.717, 1.165) is 5.75 Å². The molecular formula is C18H24N4O4S. The van der Waals surface area contributed by atoms with Crippen LogP contribution in [-0.2, 0) is 14.8 Å². The Morgan fingerprint density at radius 3 is 2.41 bits per heavy atom. The molecule has 0 saturated carbocycles. The second-order valence-electron chi connectivity index (χ2n) is 6.46. The van der Waals surface area contributed by atoms with E-state index >= 15 is 0 Å². The Morgan fingerprint density at radius 2 is 1.81 bits per heavy atom. The van der Waals surface area contributed by atoms with Gasteiger partial charge >= 0.3 is 0 Å². The molecule has 1 amide bonds. The Labute approximate surface area is 159 Å². The molecule has 0 atom stereocenters. The third-order valence-corrected chi connectivity index (χ3v) is 6.74. The number of aromatic nitrogens is 2. The fourth-order valence-electron chi connectivity index (χ4n) is 3.16. The lowest BCUT2D eigenvalue weighted by Crippen LogP contribution is -2.50. The number of nitrogens with zero attached hydrogens (tertiary/aromatic N) is 3. The summed E-state index contributed by atoms with van der Waals surface area (Å²) in [4.78, 5) is 14.3. The lowest BCUT2D eigenvalue weighted by molar-refractivity contribution is -0.132. The van der Waals surface area contributed by atoms with Crippen LogP contribution in [0.5, 0.6) is 5.75 Å². The summed E-state index contributed by atoms with van der Waals surface area (Å²) in [7, 11) is -3.61. The molecule has 1 fully saturated rings. The van der Waals surface area contributed by atoms with Crippen molar-refractivity contribution in [2.24, 2.45) is 0 Å². The summed E-state index contributed by atoms with van der Waals surface area (Å²) in [6.07, 6.45) is 0.265. The van der Waals surface area contributed by atoms with Crippen molar-refractivity contribution in [1.82, 2.24) is 19.4 Å². The highest BCUT2D eigenvalue weighted by Gasteiger charge is 2.33. The van der Waals surface area contributed by atoms with E-state index in [1.165, 1.54) is 4.31 Å². The molecule has 1 aliphatic heterocycles. The van der Waals surface area contributed by atoms with Crippen molar-refractivity contribution in [2.45, 2.75) is 25.2 Å². The number of carbonyl (C=O) groups excluding carboxylic acids is 1. The SMILES string of the molecule is Cc1n[nH]c(C)c1S(=O)(=O)N1CCN(C(=O)CCOc2ccccc2)CC1. The van der Waals surface area contributed by atoms with Gasteiger partial charge in [0.2, 0.25) is 15.9 Å². The van der Waals surface area contributed by atoms with Gasteiger partial charge in [-0.15, -0.1) is 0 Å². The summed E-state index contributed by atoms with van der Waals surface area (Å²) in [5.74, 6) is 0.700. The van der Waals surface area contributed by atoms with Crippen LogP contribution in [0.2, 0.25) is 0 Å². The van der Waals surface area contributed by atoms with Gasteiger partial charge in [-0.05, 0) is 26.0 Å². The minimum absolute atomic E-state index is 0.0290. The van der Waals surface area contributed by atoms with Crippen LogP contribution in [-0.4, -0.2) is 66.5 Å². The quantitative estimate of drug-likeness (QED) is 0.800. The molecule has 8 nitrogen and oxygen atoms in total. The number of hydrogen-bond acceptors (Lipinski definition) is 5. The van der Waals surface area contributed by atoms with Crippen LogP contribution < -0.4 is 4.74 Å². The van der Waals surface area contributed by atoms with E-state index in [9.17, 15) is 13.2 Å². The highest BCUT2D eigenvalue weighted by atomic mass is 32.2. The van der Waals surface area contributed by atoms with E-state index in [-0.39, 0.29) is 30.3 Å². The van der Waals surface area contributed by atoms with Gasteiger partial charge in [-0.3, -0.25) is 9.89 Å². The van der Waals surface area contributed by atoms with Crippen molar-refractivity contribution in [3.63, 3.8) is 0 Å². The number of hydrogen-bond donors (Lipinski definition) is 1. The van der Waals surface area contributed by atoms with E-state index in [4.69, 9.17) is 4.74 Å². The Bertz CT molecular complexity index is 868. The first-order valence-corrected chi connectivity index (χ1v) is 10.3. The maximum Gasteiger partial charge on any atom is 0.246 e. The molecule has 0 unspecified atom stereocenters. The van der Waals surface area contributed by atoms with Gasteiger partial charge in [0, 0.05) is 26.2 Å². The van der Waals surface area contributed by atoms with Gasteiger partial charge in [-0.1, -0.05) is 18.2 Å². The molecule has 1 saturated heterocycles. The topological polar surface area (TPSA) is 95.6 Å². The molecule has 3 rings (SSSR count). The smallest absolute Gasteiger partial charge is 0.246 e. The highest BCUT2D eigenvalue weighted by Crippen LogP contribution is 2.22. The summed E-state index contributed by atoms with van der Waals surface area (Å²) in [6.45, 7) is 4.96. The number of ether oxygens (including phenoxy) is 1. The summed E-state index contributed by atoms with van der Waals surface area (Å²) < 4.78 is 32.6. The number of benzene rings is 1. The number of H-pyrrole nitrogens is 1. The fourth-order valence-corrected chi connectivity index (χ4v) is 4.91. The first-order valence-electron chi connectivity index (χ1n) is 8.87. The Balaban J connectivity index is 1.52. The first kappa shape index (κ1) is 19.4. The number of amides is 1. The van der Waals surface area contributed by atoms with Crippen molar-refractivity contribution in [2.75, 3.05) is 32.8 Å². The fraction of sp³-hybridized carbons (Fsp3) is 0.444. The maximum absolute atomic E-state index is 12.8. The minimum Gasteiger partial charge on any atom is -0.493 e. The zero-order valence-corrected chi connectivity index (χ0v) is 16.3. The van der Waals surface area contributed by atoms with Crippen LogP contribution in [0, 0.1) is 13.8 Å². The lowest BCUT2D eigenvalue weighted by Gasteiger charge is -2.34. The third-order valence-electron chi connectivity index (χ3n) is 4.58. The monoisotopic (exact) mass is 392 g/mol. The van der Waals surface area contributed by atoms with E-state index in [2.05, 4.69) is 10.2 Å².